The summed E-state index contributed by atoms with van der Waals surface area (Å²) in [4.78, 5) is 7.16. The van der Waals surface area contributed by atoms with E-state index in [-0.39, 0.29) is 0 Å². The standard InChI is InChI=1S/C19H32N4O/c1-3-4-9-20-19(21-10-11-23-12-14-24-15-13-23)22-16-18-7-5-17(2)6-8-18/h5-8H,3-4,9-16H2,1-2H3,(H2,20,21,22). The highest BCUT2D eigenvalue weighted by Gasteiger charge is 2.09. The van der Waals surface area contributed by atoms with Crippen LogP contribution in [0.2, 0.25) is 0 Å². The van der Waals surface area contributed by atoms with Crippen LogP contribution in [0.4, 0.5) is 0 Å². The topological polar surface area (TPSA) is 48.9 Å². The Morgan fingerprint density at radius 2 is 1.83 bits per heavy atom. The van der Waals surface area contributed by atoms with E-state index in [2.05, 4.69) is 53.6 Å². The second-order valence-corrected chi connectivity index (χ2v) is 6.31. The summed E-state index contributed by atoms with van der Waals surface area (Å²) < 4.78 is 5.39. The molecule has 1 saturated heterocycles. The van der Waals surface area contributed by atoms with Gasteiger partial charge in [0.2, 0.25) is 0 Å². The van der Waals surface area contributed by atoms with Crippen molar-refractivity contribution in [1.29, 1.82) is 0 Å². The minimum absolute atomic E-state index is 0.708. The van der Waals surface area contributed by atoms with Crippen molar-refractivity contribution in [3.63, 3.8) is 0 Å². The molecule has 1 aromatic carbocycles. The summed E-state index contributed by atoms with van der Waals surface area (Å²) in [5.41, 5.74) is 2.53. The molecule has 0 unspecified atom stereocenters. The van der Waals surface area contributed by atoms with Crippen LogP contribution in [0.1, 0.15) is 30.9 Å². The minimum atomic E-state index is 0.708. The molecule has 0 saturated carbocycles. The zero-order valence-electron chi connectivity index (χ0n) is 15.2. The first kappa shape index (κ1) is 18.7. The lowest BCUT2D eigenvalue weighted by molar-refractivity contribution is 0.0389. The predicted octanol–water partition coefficient (Wildman–Crippen LogP) is 2.16. The summed E-state index contributed by atoms with van der Waals surface area (Å²) >= 11 is 0. The third-order valence-corrected chi connectivity index (χ3v) is 4.19. The SMILES string of the molecule is CCCCNC(=NCc1ccc(C)cc1)NCCN1CCOCC1. The smallest absolute Gasteiger partial charge is 0.191 e. The van der Waals surface area contributed by atoms with Gasteiger partial charge in [-0.05, 0) is 18.9 Å². The Hall–Kier alpha value is -1.59. The Bertz CT molecular complexity index is 481. The fourth-order valence-electron chi connectivity index (χ4n) is 2.58. The molecule has 2 N–H and O–H groups in total. The molecule has 1 aromatic rings. The second-order valence-electron chi connectivity index (χ2n) is 6.31. The lowest BCUT2D eigenvalue weighted by atomic mass is 10.1. The number of morpholine rings is 1. The van der Waals surface area contributed by atoms with Crippen molar-refractivity contribution in [1.82, 2.24) is 15.5 Å². The molecule has 5 nitrogen and oxygen atoms in total. The molecule has 1 aliphatic heterocycles. The van der Waals surface area contributed by atoms with Crippen LogP contribution in [-0.2, 0) is 11.3 Å². The molecule has 0 spiro atoms. The first-order valence-electron chi connectivity index (χ1n) is 9.16. The van der Waals surface area contributed by atoms with Gasteiger partial charge in [-0.2, -0.15) is 0 Å². The van der Waals surface area contributed by atoms with Gasteiger partial charge >= 0.3 is 0 Å². The molecule has 5 heteroatoms. The minimum Gasteiger partial charge on any atom is -0.379 e. The highest BCUT2D eigenvalue weighted by atomic mass is 16.5. The van der Waals surface area contributed by atoms with Crippen LogP contribution in [0.15, 0.2) is 29.3 Å². The molecule has 0 amide bonds. The van der Waals surface area contributed by atoms with E-state index >= 15 is 0 Å². The summed E-state index contributed by atoms with van der Waals surface area (Å²) in [5.74, 6) is 0.914. The lowest BCUT2D eigenvalue weighted by Crippen LogP contribution is -2.44. The Morgan fingerprint density at radius 3 is 2.54 bits per heavy atom. The van der Waals surface area contributed by atoms with Gasteiger partial charge in [0, 0.05) is 32.7 Å². The van der Waals surface area contributed by atoms with E-state index in [0.29, 0.717) is 6.54 Å². The number of ether oxygens (including phenoxy) is 1. The number of aliphatic imine (C=N–C) groups is 1. The van der Waals surface area contributed by atoms with Gasteiger partial charge in [0.05, 0.1) is 19.8 Å². The molecular weight excluding hydrogens is 300 g/mol. The van der Waals surface area contributed by atoms with Crippen LogP contribution in [0.25, 0.3) is 0 Å². The molecule has 0 aromatic heterocycles. The van der Waals surface area contributed by atoms with Crippen molar-refractivity contribution in [3.8, 4) is 0 Å². The molecule has 0 atom stereocenters. The number of nitrogens with zero attached hydrogens (tertiary/aromatic N) is 2. The number of nitrogens with one attached hydrogen (secondary N) is 2. The van der Waals surface area contributed by atoms with Crippen LogP contribution in [0.5, 0.6) is 0 Å². The Labute approximate surface area is 146 Å². The Kier molecular flexibility index (Phi) is 8.63. The summed E-state index contributed by atoms with van der Waals surface area (Å²) in [7, 11) is 0. The van der Waals surface area contributed by atoms with Crippen molar-refractivity contribution in [2.75, 3.05) is 45.9 Å². The van der Waals surface area contributed by atoms with Crippen LogP contribution < -0.4 is 10.6 Å². The fourth-order valence-corrected chi connectivity index (χ4v) is 2.58. The molecule has 1 aliphatic rings. The van der Waals surface area contributed by atoms with Gasteiger partial charge in [-0.3, -0.25) is 4.90 Å². The number of rotatable bonds is 8. The first-order valence-corrected chi connectivity index (χ1v) is 9.16. The molecule has 0 radical (unpaired) electrons. The Morgan fingerprint density at radius 1 is 1.12 bits per heavy atom. The van der Waals surface area contributed by atoms with E-state index in [4.69, 9.17) is 9.73 Å². The molecule has 134 valence electrons. The quantitative estimate of drug-likeness (QED) is 0.435. The molecule has 2 rings (SSSR count). The maximum absolute atomic E-state index is 5.39. The van der Waals surface area contributed by atoms with Gasteiger partial charge in [0.15, 0.2) is 5.96 Å². The summed E-state index contributed by atoms with van der Waals surface area (Å²) in [6.07, 6.45) is 2.35. The highest BCUT2D eigenvalue weighted by molar-refractivity contribution is 5.79. The molecular formula is C19H32N4O. The van der Waals surface area contributed by atoms with Crippen LogP contribution >= 0.6 is 0 Å². The van der Waals surface area contributed by atoms with Crippen molar-refractivity contribution < 1.29 is 4.74 Å². The van der Waals surface area contributed by atoms with Gasteiger partial charge in [0.25, 0.3) is 0 Å². The monoisotopic (exact) mass is 332 g/mol. The normalized spacial score (nSPS) is 16.2. The van der Waals surface area contributed by atoms with Gasteiger partial charge in [-0.25, -0.2) is 4.99 Å². The zero-order valence-corrected chi connectivity index (χ0v) is 15.2. The van der Waals surface area contributed by atoms with Crippen molar-refractivity contribution in [3.05, 3.63) is 35.4 Å². The molecule has 24 heavy (non-hydrogen) atoms. The molecule has 1 heterocycles. The lowest BCUT2D eigenvalue weighted by Gasteiger charge is -2.26. The molecule has 1 fully saturated rings. The third kappa shape index (κ3) is 7.32. The average molecular weight is 332 g/mol. The number of benzene rings is 1. The zero-order chi connectivity index (χ0) is 17.0. The molecule has 0 aliphatic carbocycles. The van der Waals surface area contributed by atoms with Crippen LogP contribution in [0, 0.1) is 6.92 Å². The number of hydrogen-bond donors (Lipinski definition) is 2. The third-order valence-electron chi connectivity index (χ3n) is 4.19. The highest BCUT2D eigenvalue weighted by Crippen LogP contribution is 2.04. The largest absolute Gasteiger partial charge is 0.379 e. The predicted molar refractivity (Wildman–Crippen MR) is 100 cm³/mol. The maximum atomic E-state index is 5.39. The van der Waals surface area contributed by atoms with E-state index < -0.39 is 0 Å². The van der Waals surface area contributed by atoms with Crippen molar-refractivity contribution in [2.45, 2.75) is 33.2 Å². The number of aryl methyl sites for hydroxylation is 1. The number of hydrogen-bond acceptors (Lipinski definition) is 3. The van der Waals surface area contributed by atoms with Gasteiger partial charge in [-0.1, -0.05) is 43.2 Å². The van der Waals surface area contributed by atoms with E-state index in [1.165, 1.54) is 17.5 Å². The van der Waals surface area contributed by atoms with Crippen LogP contribution in [-0.4, -0.2) is 56.8 Å². The van der Waals surface area contributed by atoms with Gasteiger partial charge in [-0.15, -0.1) is 0 Å². The summed E-state index contributed by atoms with van der Waals surface area (Å²) in [6, 6.07) is 8.58. The van der Waals surface area contributed by atoms with Crippen LogP contribution in [0.3, 0.4) is 0 Å². The van der Waals surface area contributed by atoms with E-state index in [9.17, 15) is 0 Å². The fraction of sp³-hybridized carbons (Fsp3) is 0.632. The first-order chi connectivity index (χ1) is 11.8. The summed E-state index contributed by atoms with van der Waals surface area (Å²) in [6.45, 7) is 11.7. The Balaban J connectivity index is 1.80. The maximum Gasteiger partial charge on any atom is 0.191 e. The van der Waals surface area contributed by atoms with E-state index in [0.717, 1.165) is 58.3 Å². The number of unbranched alkanes of at least 4 members (excludes halogenated alkanes) is 1. The summed E-state index contributed by atoms with van der Waals surface area (Å²) in [5, 5.41) is 6.90. The number of guanidine groups is 1. The molecule has 0 bridgehead atoms. The average Bonchev–Trinajstić information content (AvgIpc) is 2.61. The van der Waals surface area contributed by atoms with Gasteiger partial charge in [0.1, 0.15) is 0 Å². The second kappa shape index (κ2) is 11.0. The van der Waals surface area contributed by atoms with Crippen molar-refractivity contribution in [2.24, 2.45) is 4.99 Å². The van der Waals surface area contributed by atoms with E-state index in [1.54, 1.807) is 0 Å². The van der Waals surface area contributed by atoms with Gasteiger partial charge < -0.3 is 15.4 Å². The van der Waals surface area contributed by atoms with E-state index in [1.807, 2.05) is 0 Å². The van der Waals surface area contributed by atoms with Crippen molar-refractivity contribution >= 4 is 5.96 Å².